The molecule has 0 radical (unpaired) electrons. The lowest BCUT2D eigenvalue weighted by Gasteiger charge is -2.11. The zero-order valence-corrected chi connectivity index (χ0v) is 13.8. The molecule has 1 N–H and O–H groups in total. The van der Waals surface area contributed by atoms with E-state index < -0.39 is 0 Å². The summed E-state index contributed by atoms with van der Waals surface area (Å²) in [6, 6.07) is 3.64. The van der Waals surface area contributed by atoms with E-state index in [0.29, 0.717) is 15.3 Å². The average Bonchev–Trinajstić information content (AvgIpc) is 2.72. The van der Waals surface area contributed by atoms with E-state index in [2.05, 4.69) is 33.2 Å². The quantitative estimate of drug-likeness (QED) is 0.769. The van der Waals surface area contributed by atoms with Crippen LogP contribution in [0, 0.1) is 0 Å². The van der Waals surface area contributed by atoms with E-state index in [0.717, 1.165) is 21.9 Å². The molecule has 1 unspecified atom stereocenters. The van der Waals surface area contributed by atoms with Gasteiger partial charge in [0.1, 0.15) is 0 Å². The Morgan fingerprint density at radius 1 is 1.44 bits per heavy atom. The van der Waals surface area contributed by atoms with Gasteiger partial charge >= 0.3 is 0 Å². The summed E-state index contributed by atoms with van der Waals surface area (Å²) in [5, 5.41) is 5.89. The van der Waals surface area contributed by atoms with Gasteiger partial charge in [0.25, 0.3) is 0 Å². The number of thioether (sulfide) groups is 1. The van der Waals surface area contributed by atoms with E-state index in [-0.39, 0.29) is 0 Å². The fraction of sp³-hybridized carbons (Fsp3) is 0.417. The molecule has 2 nitrogen and oxygen atoms in total. The molecule has 2 rings (SSSR count). The Morgan fingerprint density at radius 3 is 2.72 bits per heavy atom. The Bertz CT molecular complexity index is 456. The molecule has 0 aromatic heterocycles. The smallest absolute Gasteiger partial charge is 0.161 e. The van der Waals surface area contributed by atoms with Crippen molar-refractivity contribution in [2.24, 2.45) is 4.99 Å². The summed E-state index contributed by atoms with van der Waals surface area (Å²) in [6.45, 7) is 3.06. The third-order valence-electron chi connectivity index (χ3n) is 2.57. The highest BCUT2D eigenvalue weighted by Gasteiger charge is 2.20. The van der Waals surface area contributed by atoms with Gasteiger partial charge in [-0.15, -0.1) is 0 Å². The Morgan fingerprint density at radius 2 is 2.11 bits per heavy atom. The number of aliphatic imine (C=N–C) groups is 1. The van der Waals surface area contributed by atoms with E-state index >= 15 is 0 Å². The lowest BCUT2D eigenvalue weighted by Crippen LogP contribution is -2.08. The van der Waals surface area contributed by atoms with Crippen molar-refractivity contribution >= 4 is 61.7 Å². The van der Waals surface area contributed by atoms with Crippen molar-refractivity contribution < 1.29 is 0 Å². The van der Waals surface area contributed by atoms with Gasteiger partial charge in [-0.1, -0.05) is 64.2 Å². The van der Waals surface area contributed by atoms with Gasteiger partial charge in [-0.3, -0.25) is 4.99 Å². The molecule has 0 fully saturated rings. The van der Waals surface area contributed by atoms with Crippen LogP contribution in [-0.2, 0) is 0 Å². The van der Waals surface area contributed by atoms with Gasteiger partial charge in [0.05, 0.1) is 22.3 Å². The van der Waals surface area contributed by atoms with E-state index in [1.165, 1.54) is 12.8 Å². The van der Waals surface area contributed by atoms with Crippen molar-refractivity contribution in [2.75, 3.05) is 11.9 Å². The molecule has 6 heteroatoms. The summed E-state index contributed by atoms with van der Waals surface area (Å²) < 4.78 is 0.868. The predicted octanol–water partition coefficient (Wildman–Crippen LogP) is 5.44. The second-order valence-corrected chi connectivity index (χ2v) is 7.06. The molecule has 0 saturated carbocycles. The molecule has 1 aliphatic heterocycles. The van der Waals surface area contributed by atoms with E-state index in [1.807, 2.05) is 12.1 Å². The number of amidine groups is 1. The predicted molar refractivity (Wildman–Crippen MR) is 86.4 cm³/mol. The third kappa shape index (κ3) is 3.56. The maximum absolute atomic E-state index is 6.17. The Kier molecular flexibility index (Phi) is 5.24. The number of nitrogens with zero attached hydrogens (tertiary/aromatic N) is 1. The average molecular weight is 368 g/mol. The number of benzene rings is 1. The summed E-state index contributed by atoms with van der Waals surface area (Å²) >= 11 is 17.5. The summed E-state index contributed by atoms with van der Waals surface area (Å²) in [5.74, 6) is 0. The molecule has 1 atom stereocenters. The molecule has 0 aliphatic carbocycles. The zero-order valence-electron chi connectivity index (χ0n) is 9.84. The topological polar surface area (TPSA) is 24.4 Å². The molecule has 0 bridgehead atoms. The van der Waals surface area contributed by atoms with Gasteiger partial charge in [-0.2, -0.15) is 0 Å². The van der Waals surface area contributed by atoms with Crippen LogP contribution in [-0.4, -0.2) is 17.0 Å². The highest BCUT2D eigenvalue weighted by atomic mass is 79.9. The minimum Gasteiger partial charge on any atom is -0.333 e. The lowest BCUT2D eigenvalue weighted by molar-refractivity contribution is 0.754. The van der Waals surface area contributed by atoms with E-state index in [9.17, 15) is 0 Å². The first-order valence-corrected chi connectivity index (χ1v) is 8.15. The van der Waals surface area contributed by atoms with Crippen molar-refractivity contribution in [3.05, 3.63) is 26.7 Å². The second-order valence-electron chi connectivity index (χ2n) is 4.04. The fourth-order valence-electron chi connectivity index (χ4n) is 1.73. The van der Waals surface area contributed by atoms with Crippen molar-refractivity contribution in [1.29, 1.82) is 0 Å². The highest BCUT2D eigenvalue weighted by molar-refractivity contribution is 9.10. The molecule has 0 spiro atoms. The van der Waals surface area contributed by atoms with E-state index in [1.54, 1.807) is 11.8 Å². The molecule has 1 aromatic carbocycles. The number of hydrogen-bond donors (Lipinski definition) is 1. The van der Waals surface area contributed by atoms with Gasteiger partial charge < -0.3 is 5.32 Å². The van der Waals surface area contributed by atoms with Crippen LogP contribution in [0.25, 0.3) is 0 Å². The molecule has 0 amide bonds. The number of rotatable bonds is 3. The van der Waals surface area contributed by atoms with Gasteiger partial charge in [0.15, 0.2) is 5.17 Å². The maximum Gasteiger partial charge on any atom is 0.161 e. The van der Waals surface area contributed by atoms with Crippen molar-refractivity contribution in [1.82, 2.24) is 0 Å². The molecule has 1 aliphatic rings. The van der Waals surface area contributed by atoms with Crippen LogP contribution in [0.4, 0.5) is 5.69 Å². The van der Waals surface area contributed by atoms with Crippen molar-refractivity contribution in [3.63, 3.8) is 0 Å². The van der Waals surface area contributed by atoms with Gasteiger partial charge in [-0.25, -0.2) is 0 Å². The molecule has 0 saturated heterocycles. The zero-order chi connectivity index (χ0) is 13.1. The number of anilines is 1. The normalized spacial score (nSPS) is 18.9. The van der Waals surface area contributed by atoms with Crippen molar-refractivity contribution in [2.45, 2.75) is 25.0 Å². The summed E-state index contributed by atoms with van der Waals surface area (Å²) in [5.41, 5.74) is 0.727. The van der Waals surface area contributed by atoms with Crippen LogP contribution in [0.5, 0.6) is 0 Å². The van der Waals surface area contributed by atoms with Crippen molar-refractivity contribution in [3.8, 4) is 0 Å². The largest absolute Gasteiger partial charge is 0.333 e. The van der Waals surface area contributed by atoms with E-state index in [4.69, 9.17) is 23.2 Å². The minimum atomic E-state index is 0.575. The summed E-state index contributed by atoms with van der Waals surface area (Å²) in [6.07, 6.45) is 2.36. The first-order valence-electron chi connectivity index (χ1n) is 5.72. The van der Waals surface area contributed by atoms with Crippen LogP contribution in [0.2, 0.25) is 10.0 Å². The first kappa shape index (κ1) is 14.5. The van der Waals surface area contributed by atoms with Crippen LogP contribution >= 0.6 is 50.9 Å². The molecule has 1 heterocycles. The maximum atomic E-state index is 6.17. The fourth-order valence-corrected chi connectivity index (χ4v) is 4.16. The molecular formula is C12H13BrCl2N2S. The highest BCUT2D eigenvalue weighted by Crippen LogP contribution is 2.35. The molecule has 1 aromatic rings. The van der Waals surface area contributed by atoms with Crippen LogP contribution in [0.15, 0.2) is 21.6 Å². The summed E-state index contributed by atoms with van der Waals surface area (Å²) in [4.78, 5) is 4.48. The van der Waals surface area contributed by atoms with Gasteiger partial charge in [0.2, 0.25) is 0 Å². The Balaban J connectivity index is 2.07. The molecular weight excluding hydrogens is 355 g/mol. The summed E-state index contributed by atoms with van der Waals surface area (Å²) in [7, 11) is 0. The third-order valence-corrected chi connectivity index (χ3v) is 4.79. The van der Waals surface area contributed by atoms with Gasteiger partial charge in [0, 0.05) is 9.72 Å². The van der Waals surface area contributed by atoms with Crippen LogP contribution in [0.3, 0.4) is 0 Å². The number of halogens is 3. The van der Waals surface area contributed by atoms with Gasteiger partial charge in [-0.05, 0) is 18.6 Å². The monoisotopic (exact) mass is 366 g/mol. The lowest BCUT2D eigenvalue weighted by atomic mass is 10.2. The van der Waals surface area contributed by atoms with Crippen LogP contribution < -0.4 is 5.32 Å². The number of nitrogens with one attached hydrogen (secondary N) is 1. The molecule has 98 valence electrons. The first-order chi connectivity index (χ1) is 8.60. The SMILES string of the molecule is CCCC1CN=C(Nc2c(Cl)cc(Br)cc2Cl)S1. The minimum absolute atomic E-state index is 0.575. The number of hydrogen-bond acceptors (Lipinski definition) is 3. The second kappa shape index (κ2) is 6.51. The Hall–Kier alpha value is 0.1000. The standard InChI is InChI=1S/C12H13BrCl2N2S/c1-2-3-8-6-16-12(18-8)17-11-9(14)4-7(13)5-10(11)15/h4-5,8H,2-3,6H2,1H3,(H,16,17). The molecule has 18 heavy (non-hydrogen) atoms. The van der Waals surface area contributed by atoms with Crippen LogP contribution in [0.1, 0.15) is 19.8 Å². The Labute approximate surface area is 130 Å².